The van der Waals surface area contributed by atoms with Gasteiger partial charge in [0.15, 0.2) is 15.8 Å². The van der Waals surface area contributed by atoms with E-state index in [9.17, 15) is 8.42 Å². The Kier molecular flexibility index (Phi) is 7.53. The molecule has 21 heavy (non-hydrogen) atoms. The largest absolute Gasteiger partial charge is 0.357 e. The first-order valence-corrected chi connectivity index (χ1v) is 8.66. The van der Waals surface area contributed by atoms with Crippen LogP contribution < -0.4 is 10.6 Å². The van der Waals surface area contributed by atoms with Crippen LogP contribution in [0.25, 0.3) is 0 Å². The van der Waals surface area contributed by atoms with E-state index in [1.165, 1.54) is 0 Å². The lowest BCUT2D eigenvalue weighted by molar-refractivity contribution is 0.593. The Hall–Kier alpha value is -1.82. The summed E-state index contributed by atoms with van der Waals surface area (Å²) in [6, 6.07) is 8.50. The van der Waals surface area contributed by atoms with Crippen LogP contribution in [0.1, 0.15) is 13.3 Å². The van der Waals surface area contributed by atoms with Crippen LogP contribution in [0, 0.1) is 0 Å². The van der Waals surface area contributed by atoms with Crippen molar-refractivity contribution in [2.45, 2.75) is 18.2 Å². The van der Waals surface area contributed by atoms with E-state index < -0.39 is 9.84 Å². The Balaban J connectivity index is 2.49. The summed E-state index contributed by atoms with van der Waals surface area (Å²) in [4.78, 5) is 4.70. The molecular weight excluding hydrogens is 286 g/mol. The highest BCUT2D eigenvalue weighted by molar-refractivity contribution is 7.91. The van der Waals surface area contributed by atoms with Gasteiger partial charge >= 0.3 is 0 Å². The number of sulfone groups is 1. The third kappa shape index (κ3) is 6.44. The van der Waals surface area contributed by atoms with Crippen LogP contribution in [0.15, 0.2) is 52.9 Å². The zero-order valence-electron chi connectivity index (χ0n) is 12.4. The number of benzene rings is 1. The topological polar surface area (TPSA) is 70.6 Å². The molecule has 0 spiro atoms. The summed E-state index contributed by atoms with van der Waals surface area (Å²) >= 11 is 0. The van der Waals surface area contributed by atoms with Crippen molar-refractivity contribution >= 4 is 15.8 Å². The monoisotopic (exact) mass is 309 g/mol. The molecule has 116 valence electrons. The quantitative estimate of drug-likeness (QED) is 0.331. The molecule has 1 aromatic rings. The van der Waals surface area contributed by atoms with Crippen molar-refractivity contribution in [2.24, 2.45) is 4.99 Å². The van der Waals surface area contributed by atoms with Crippen LogP contribution in [0.2, 0.25) is 0 Å². The number of nitrogens with zero attached hydrogens (tertiary/aromatic N) is 1. The predicted molar refractivity (Wildman–Crippen MR) is 87.3 cm³/mol. The van der Waals surface area contributed by atoms with Gasteiger partial charge in [0.25, 0.3) is 0 Å². The third-order valence-electron chi connectivity index (χ3n) is 2.70. The van der Waals surface area contributed by atoms with Gasteiger partial charge in [0, 0.05) is 19.6 Å². The SMILES string of the molecule is C=CCNC(=NCCCS(=O)(=O)c1ccccc1)NCC. The molecule has 0 radical (unpaired) electrons. The highest BCUT2D eigenvalue weighted by Crippen LogP contribution is 2.10. The van der Waals surface area contributed by atoms with Gasteiger partial charge in [-0.15, -0.1) is 6.58 Å². The lowest BCUT2D eigenvalue weighted by atomic mass is 10.4. The molecule has 1 rings (SSSR count). The highest BCUT2D eigenvalue weighted by atomic mass is 32.2. The van der Waals surface area contributed by atoms with Gasteiger partial charge < -0.3 is 10.6 Å². The van der Waals surface area contributed by atoms with E-state index in [0.717, 1.165) is 6.54 Å². The minimum atomic E-state index is -3.21. The number of aliphatic imine (C=N–C) groups is 1. The summed E-state index contributed by atoms with van der Waals surface area (Å²) in [5.74, 6) is 0.774. The van der Waals surface area contributed by atoms with E-state index in [4.69, 9.17) is 0 Å². The van der Waals surface area contributed by atoms with Gasteiger partial charge in [-0.25, -0.2) is 8.42 Å². The fourth-order valence-electron chi connectivity index (χ4n) is 1.70. The van der Waals surface area contributed by atoms with Crippen molar-refractivity contribution in [2.75, 3.05) is 25.4 Å². The molecule has 0 aromatic heterocycles. The summed E-state index contributed by atoms with van der Waals surface area (Å²) < 4.78 is 24.2. The Morgan fingerprint density at radius 2 is 2.00 bits per heavy atom. The van der Waals surface area contributed by atoms with Crippen LogP contribution in [-0.2, 0) is 9.84 Å². The van der Waals surface area contributed by atoms with Crippen molar-refractivity contribution in [1.29, 1.82) is 0 Å². The maximum absolute atomic E-state index is 12.1. The first kappa shape index (κ1) is 17.2. The second-order valence-corrected chi connectivity index (χ2v) is 6.52. The molecule has 0 aliphatic heterocycles. The second kappa shape index (κ2) is 9.18. The highest BCUT2D eigenvalue weighted by Gasteiger charge is 2.12. The third-order valence-corrected chi connectivity index (χ3v) is 4.52. The van der Waals surface area contributed by atoms with Crippen molar-refractivity contribution in [3.05, 3.63) is 43.0 Å². The lowest BCUT2D eigenvalue weighted by Gasteiger charge is -2.09. The van der Waals surface area contributed by atoms with E-state index in [1.54, 1.807) is 36.4 Å². The van der Waals surface area contributed by atoms with Crippen molar-refractivity contribution in [3.63, 3.8) is 0 Å². The molecule has 0 atom stereocenters. The fraction of sp³-hybridized carbons (Fsp3) is 0.400. The van der Waals surface area contributed by atoms with Gasteiger partial charge in [-0.3, -0.25) is 4.99 Å². The smallest absolute Gasteiger partial charge is 0.191 e. The zero-order chi connectivity index (χ0) is 15.6. The Bertz CT molecular complexity index is 554. The average molecular weight is 309 g/mol. The Morgan fingerprint density at radius 3 is 2.62 bits per heavy atom. The Morgan fingerprint density at radius 1 is 1.29 bits per heavy atom. The minimum absolute atomic E-state index is 0.0986. The number of guanidine groups is 1. The van der Waals surface area contributed by atoms with E-state index in [-0.39, 0.29) is 5.75 Å². The molecule has 0 saturated heterocycles. The fourth-order valence-corrected chi connectivity index (χ4v) is 3.02. The van der Waals surface area contributed by atoms with Gasteiger partial charge in [0.05, 0.1) is 10.6 Å². The van der Waals surface area contributed by atoms with Crippen LogP contribution in [0.5, 0.6) is 0 Å². The molecule has 0 saturated carbocycles. The number of nitrogens with one attached hydrogen (secondary N) is 2. The number of rotatable bonds is 8. The minimum Gasteiger partial charge on any atom is -0.357 e. The predicted octanol–water partition coefficient (Wildman–Crippen LogP) is 1.59. The van der Waals surface area contributed by atoms with Crippen LogP contribution in [-0.4, -0.2) is 39.8 Å². The van der Waals surface area contributed by atoms with Crippen molar-refractivity contribution in [1.82, 2.24) is 10.6 Å². The summed E-state index contributed by atoms with van der Waals surface area (Å²) in [6.45, 7) is 7.44. The van der Waals surface area contributed by atoms with Crippen LogP contribution in [0.3, 0.4) is 0 Å². The maximum atomic E-state index is 12.1. The molecule has 0 heterocycles. The van der Waals surface area contributed by atoms with Gasteiger partial charge in [0.2, 0.25) is 0 Å². The Labute approximate surface area is 127 Å². The normalized spacial score (nSPS) is 12.0. The summed E-state index contributed by atoms with van der Waals surface area (Å²) in [6.07, 6.45) is 2.23. The molecule has 0 amide bonds. The van der Waals surface area contributed by atoms with Gasteiger partial charge in [-0.2, -0.15) is 0 Å². The van der Waals surface area contributed by atoms with Gasteiger partial charge in [-0.05, 0) is 25.5 Å². The van der Waals surface area contributed by atoms with E-state index in [0.29, 0.717) is 30.4 Å². The van der Waals surface area contributed by atoms with Gasteiger partial charge in [0.1, 0.15) is 0 Å². The molecule has 0 fully saturated rings. The van der Waals surface area contributed by atoms with E-state index in [2.05, 4.69) is 22.2 Å². The summed E-state index contributed by atoms with van der Waals surface area (Å²) in [5, 5.41) is 6.16. The molecule has 0 bridgehead atoms. The first-order valence-electron chi connectivity index (χ1n) is 7.01. The van der Waals surface area contributed by atoms with Crippen molar-refractivity contribution in [3.8, 4) is 0 Å². The molecular formula is C15H23N3O2S. The van der Waals surface area contributed by atoms with Crippen LogP contribution >= 0.6 is 0 Å². The molecule has 0 aliphatic carbocycles. The zero-order valence-corrected chi connectivity index (χ0v) is 13.2. The number of hydrogen-bond donors (Lipinski definition) is 2. The maximum Gasteiger partial charge on any atom is 0.191 e. The molecule has 5 nitrogen and oxygen atoms in total. The summed E-state index contributed by atoms with van der Waals surface area (Å²) in [7, 11) is -3.21. The molecule has 0 aliphatic rings. The standard InChI is InChI=1S/C15H23N3O2S/c1-3-11-17-15(16-4-2)18-12-8-13-21(19,20)14-9-6-5-7-10-14/h3,5-7,9-10H,1,4,8,11-13H2,2H3,(H2,16,17,18). The van der Waals surface area contributed by atoms with Crippen LogP contribution in [0.4, 0.5) is 0 Å². The molecule has 6 heteroatoms. The lowest BCUT2D eigenvalue weighted by Crippen LogP contribution is -2.37. The van der Waals surface area contributed by atoms with E-state index >= 15 is 0 Å². The molecule has 0 unspecified atom stereocenters. The average Bonchev–Trinajstić information content (AvgIpc) is 2.50. The van der Waals surface area contributed by atoms with Gasteiger partial charge in [-0.1, -0.05) is 24.3 Å². The molecule has 2 N–H and O–H groups in total. The van der Waals surface area contributed by atoms with Crippen molar-refractivity contribution < 1.29 is 8.42 Å². The van der Waals surface area contributed by atoms with E-state index in [1.807, 2.05) is 6.92 Å². The first-order chi connectivity index (χ1) is 10.1. The second-order valence-electron chi connectivity index (χ2n) is 4.42. The summed E-state index contributed by atoms with van der Waals surface area (Å²) in [5.41, 5.74) is 0. The number of hydrogen-bond acceptors (Lipinski definition) is 3. The molecule has 1 aromatic carbocycles.